The van der Waals surface area contributed by atoms with E-state index in [0.29, 0.717) is 17.9 Å². The van der Waals surface area contributed by atoms with Crippen molar-refractivity contribution in [2.45, 2.75) is 39.3 Å². The van der Waals surface area contributed by atoms with Crippen LogP contribution in [0.1, 0.15) is 47.8 Å². The summed E-state index contributed by atoms with van der Waals surface area (Å²) in [6.07, 6.45) is 0.343. The number of nitrogens with one attached hydrogen (secondary N) is 1. The highest BCUT2D eigenvalue weighted by molar-refractivity contribution is 5.94. The van der Waals surface area contributed by atoms with Gasteiger partial charge in [-0.1, -0.05) is 36.8 Å². The minimum atomic E-state index is -0.605. The zero-order valence-electron chi connectivity index (χ0n) is 15.2. The first-order chi connectivity index (χ1) is 12.0. The summed E-state index contributed by atoms with van der Waals surface area (Å²) in [6.45, 7) is 6.39. The van der Waals surface area contributed by atoms with Crippen LogP contribution in [0, 0.1) is 6.92 Å². The third kappa shape index (κ3) is 6.00. The first-order valence-corrected chi connectivity index (χ1v) is 8.71. The standard InChI is InChI=1S/C21H27NO3/c1-4-21(18-7-5-15(2)6-8-18)22-13-19(24)14-25-20-11-9-17(10-12-20)16(3)23/h5-12,19,21-22,24H,4,13-14H2,1-3H3. The van der Waals surface area contributed by atoms with Crippen molar-refractivity contribution in [1.29, 1.82) is 0 Å². The summed E-state index contributed by atoms with van der Waals surface area (Å²) in [7, 11) is 0. The molecule has 4 heteroatoms. The number of carbonyl (C=O) groups is 1. The van der Waals surface area contributed by atoms with Gasteiger partial charge in [0.15, 0.2) is 5.78 Å². The topological polar surface area (TPSA) is 58.6 Å². The molecule has 0 aliphatic carbocycles. The normalized spacial score (nSPS) is 13.3. The number of aliphatic hydroxyl groups excluding tert-OH is 1. The minimum absolute atomic E-state index is 0.0255. The minimum Gasteiger partial charge on any atom is -0.491 e. The van der Waals surface area contributed by atoms with Crippen LogP contribution in [0.3, 0.4) is 0 Å². The number of rotatable bonds is 9. The van der Waals surface area contributed by atoms with Crippen molar-refractivity contribution >= 4 is 5.78 Å². The van der Waals surface area contributed by atoms with E-state index in [2.05, 4.69) is 43.4 Å². The fourth-order valence-electron chi connectivity index (χ4n) is 2.61. The fourth-order valence-corrected chi connectivity index (χ4v) is 2.61. The van der Waals surface area contributed by atoms with E-state index in [1.807, 2.05) is 0 Å². The third-order valence-electron chi connectivity index (χ3n) is 4.19. The van der Waals surface area contributed by atoms with Gasteiger partial charge in [-0.3, -0.25) is 4.79 Å². The molecule has 0 heterocycles. The van der Waals surface area contributed by atoms with Gasteiger partial charge in [-0.05, 0) is 50.1 Å². The molecule has 2 rings (SSSR count). The third-order valence-corrected chi connectivity index (χ3v) is 4.19. The molecule has 0 saturated heterocycles. The second-order valence-corrected chi connectivity index (χ2v) is 6.33. The number of aliphatic hydroxyl groups is 1. The highest BCUT2D eigenvalue weighted by atomic mass is 16.5. The molecular formula is C21H27NO3. The van der Waals surface area contributed by atoms with Gasteiger partial charge in [0.25, 0.3) is 0 Å². The molecule has 0 fully saturated rings. The molecule has 2 unspecified atom stereocenters. The van der Waals surface area contributed by atoms with Crippen LogP contribution in [-0.2, 0) is 0 Å². The van der Waals surface area contributed by atoms with Crippen molar-refractivity contribution in [3.63, 3.8) is 0 Å². The van der Waals surface area contributed by atoms with Crippen LogP contribution in [0.25, 0.3) is 0 Å². The van der Waals surface area contributed by atoms with Crippen molar-refractivity contribution in [1.82, 2.24) is 5.32 Å². The second-order valence-electron chi connectivity index (χ2n) is 6.33. The Morgan fingerprint density at radius 1 is 1.12 bits per heavy atom. The smallest absolute Gasteiger partial charge is 0.159 e. The van der Waals surface area contributed by atoms with E-state index in [9.17, 15) is 9.90 Å². The second kappa shape index (κ2) is 9.35. The predicted molar refractivity (Wildman–Crippen MR) is 100 cm³/mol. The highest BCUT2D eigenvalue weighted by Crippen LogP contribution is 2.17. The average molecular weight is 341 g/mol. The molecule has 2 atom stereocenters. The Hall–Kier alpha value is -2.17. The van der Waals surface area contributed by atoms with Crippen molar-refractivity contribution in [3.8, 4) is 5.75 Å². The highest BCUT2D eigenvalue weighted by Gasteiger charge is 2.12. The maximum Gasteiger partial charge on any atom is 0.159 e. The molecule has 0 bridgehead atoms. The molecular weight excluding hydrogens is 314 g/mol. The van der Waals surface area contributed by atoms with Gasteiger partial charge in [0.2, 0.25) is 0 Å². The summed E-state index contributed by atoms with van der Waals surface area (Å²) in [5, 5.41) is 13.5. The molecule has 134 valence electrons. The number of aryl methyl sites for hydroxylation is 1. The number of Topliss-reactive ketones (excluding diaryl/α,β-unsaturated/α-hetero) is 1. The molecule has 2 aromatic carbocycles. The SMILES string of the molecule is CCC(NCC(O)COc1ccc(C(C)=O)cc1)c1ccc(C)cc1. The maximum atomic E-state index is 11.2. The molecule has 4 nitrogen and oxygen atoms in total. The van der Waals surface area contributed by atoms with Crippen LogP contribution < -0.4 is 10.1 Å². The van der Waals surface area contributed by atoms with Crippen molar-refractivity contribution in [3.05, 3.63) is 65.2 Å². The number of hydrogen-bond donors (Lipinski definition) is 2. The van der Waals surface area contributed by atoms with Gasteiger partial charge < -0.3 is 15.2 Å². The largest absolute Gasteiger partial charge is 0.491 e. The first-order valence-electron chi connectivity index (χ1n) is 8.71. The van der Waals surface area contributed by atoms with Gasteiger partial charge in [-0.25, -0.2) is 0 Å². The zero-order chi connectivity index (χ0) is 18.2. The molecule has 0 aromatic heterocycles. The quantitative estimate of drug-likeness (QED) is 0.683. The Labute approximate surface area is 149 Å². The molecule has 0 spiro atoms. The Morgan fingerprint density at radius 2 is 1.76 bits per heavy atom. The van der Waals surface area contributed by atoms with Gasteiger partial charge in [0.05, 0.1) is 0 Å². The van der Waals surface area contributed by atoms with E-state index < -0.39 is 6.10 Å². The van der Waals surface area contributed by atoms with E-state index >= 15 is 0 Å². The predicted octanol–water partition coefficient (Wildman–Crippen LogP) is 3.68. The lowest BCUT2D eigenvalue weighted by Crippen LogP contribution is -2.33. The van der Waals surface area contributed by atoms with Crippen molar-refractivity contribution < 1.29 is 14.6 Å². The summed E-state index contributed by atoms with van der Waals surface area (Å²) in [6, 6.07) is 15.6. The van der Waals surface area contributed by atoms with Crippen LogP contribution in [0.4, 0.5) is 0 Å². The number of benzene rings is 2. The Balaban J connectivity index is 1.80. The van der Waals surface area contributed by atoms with Crippen molar-refractivity contribution in [2.24, 2.45) is 0 Å². The fraction of sp³-hybridized carbons (Fsp3) is 0.381. The van der Waals surface area contributed by atoms with Crippen molar-refractivity contribution in [2.75, 3.05) is 13.2 Å². The Morgan fingerprint density at radius 3 is 2.32 bits per heavy atom. The Kier molecular flexibility index (Phi) is 7.16. The van der Waals surface area contributed by atoms with E-state index in [4.69, 9.17) is 4.74 Å². The van der Waals surface area contributed by atoms with Gasteiger partial charge in [-0.2, -0.15) is 0 Å². The number of carbonyl (C=O) groups excluding carboxylic acids is 1. The molecule has 2 N–H and O–H groups in total. The van der Waals surface area contributed by atoms with E-state index in [0.717, 1.165) is 6.42 Å². The molecule has 0 radical (unpaired) electrons. The molecule has 0 saturated carbocycles. The van der Waals surface area contributed by atoms with Crippen LogP contribution in [0.5, 0.6) is 5.75 Å². The molecule has 25 heavy (non-hydrogen) atoms. The van der Waals surface area contributed by atoms with Crippen LogP contribution in [0.2, 0.25) is 0 Å². The summed E-state index contributed by atoms with van der Waals surface area (Å²) in [5.41, 5.74) is 3.11. The van der Waals surface area contributed by atoms with Crippen LogP contribution in [-0.4, -0.2) is 30.1 Å². The van der Waals surface area contributed by atoms with E-state index in [1.165, 1.54) is 18.1 Å². The lowest BCUT2D eigenvalue weighted by Gasteiger charge is -2.20. The maximum absolute atomic E-state index is 11.2. The number of ether oxygens (including phenoxy) is 1. The monoisotopic (exact) mass is 341 g/mol. The van der Waals surface area contributed by atoms with E-state index in [-0.39, 0.29) is 18.4 Å². The van der Waals surface area contributed by atoms with Gasteiger partial charge in [-0.15, -0.1) is 0 Å². The van der Waals surface area contributed by atoms with Gasteiger partial charge in [0, 0.05) is 18.2 Å². The zero-order valence-corrected chi connectivity index (χ0v) is 15.2. The lowest BCUT2D eigenvalue weighted by molar-refractivity contribution is 0.101. The summed E-state index contributed by atoms with van der Waals surface area (Å²) in [4.78, 5) is 11.2. The summed E-state index contributed by atoms with van der Waals surface area (Å²) in [5.74, 6) is 0.673. The molecule has 0 aliphatic heterocycles. The molecule has 0 aliphatic rings. The number of hydrogen-bond acceptors (Lipinski definition) is 4. The van der Waals surface area contributed by atoms with Gasteiger partial charge in [0.1, 0.15) is 18.5 Å². The molecule has 0 amide bonds. The Bertz CT molecular complexity index is 665. The van der Waals surface area contributed by atoms with E-state index in [1.54, 1.807) is 24.3 Å². The summed E-state index contributed by atoms with van der Waals surface area (Å²) < 4.78 is 5.59. The lowest BCUT2D eigenvalue weighted by atomic mass is 10.0. The summed E-state index contributed by atoms with van der Waals surface area (Å²) >= 11 is 0. The molecule has 2 aromatic rings. The first kappa shape index (κ1) is 19.2. The van der Waals surface area contributed by atoms with Crippen LogP contribution >= 0.6 is 0 Å². The average Bonchev–Trinajstić information content (AvgIpc) is 2.62. The number of ketones is 1. The van der Waals surface area contributed by atoms with Crippen LogP contribution in [0.15, 0.2) is 48.5 Å². The van der Waals surface area contributed by atoms with Gasteiger partial charge >= 0.3 is 0 Å².